The Hall–Kier alpha value is -2.75. The van der Waals surface area contributed by atoms with Crippen molar-refractivity contribution in [3.63, 3.8) is 0 Å². The van der Waals surface area contributed by atoms with Gasteiger partial charge in [-0.2, -0.15) is 0 Å². The number of hydrogen-bond donors (Lipinski definition) is 1. The monoisotopic (exact) mass is 309 g/mol. The second kappa shape index (κ2) is 6.16. The Morgan fingerprint density at radius 1 is 1.13 bits per heavy atom. The van der Waals surface area contributed by atoms with Crippen molar-refractivity contribution in [2.45, 2.75) is 19.8 Å². The third-order valence-electron chi connectivity index (χ3n) is 3.78. The average Bonchev–Trinajstić information content (AvgIpc) is 2.98. The molecule has 0 spiro atoms. The first-order valence-corrected chi connectivity index (χ1v) is 7.56. The first-order valence-electron chi connectivity index (χ1n) is 7.56. The molecule has 0 radical (unpaired) electrons. The normalized spacial score (nSPS) is 11.0. The second-order valence-corrected chi connectivity index (χ2v) is 5.71. The Balaban J connectivity index is 1.89. The summed E-state index contributed by atoms with van der Waals surface area (Å²) in [7, 11) is 1.61. The molecule has 0 aliphatic rings. The van der Waals surface area contributed by atoms with E-state index in [9.17, 15) is 4.79 Å². The Bertz CT molecular complexity index is 849. The smallest absolute Gasteiger partial charge is 0.291 e. The fourth-order valence-corrected chi connectivity index (χ4v) is 2.56. The van der Waals surface area contributed by atoms with Crippen LogP contribution in [0.1, 0.15) is 35.9 Å². The van der Waals surface area contributed by atoms with Crippen LogP contribution in [-0.2, 0) is 0 Å². The number of methoxy groups -OCH3 is 1. The van der Waals surface area contributed by atoms with E-state index in [2.05, 4.69) is 19.2 Å². The number of fused-ring (bicyclic) bond motifs is 1. The van der Waals surface area contributed by atoms with Crippen molar-refractivity contribution < 1.29 is 13.9 Å². The van der Waals surface area contributed by atoms with E-state index in [1.54, 1.807) is 19.2 Å². The summed E-state index contributed by atoms with van der Waals surface area (Å²) in [6.45, 7) is 4.19. The van der Waals surface area contributed by atoms with Gasteiger partial charge < -0.3 is 14.5 Å². The molecule has 4 nitrogen and oxygen atoms in total. The van der Waals surface area contributed by atoms with Crippen LogP contribution in [0.5, 0.6) is 5.75 Å². The Kier molecular flexibility index (Phi) is 4.06. The van der Waals surface area contributed by atoms with Crippen molar-refractivity contribution in [1.29, 1.82) is 0 Å². The van der Waals surface area contributed by atoms with Crippen LogP contribution < -0.4 is 10.1 Å². The molecular formula is C19H19NO3. The molecule has 0 saturated heterocycles. The topological polar surface area (TPSA) is 51.5 Å². The van der Waals surface area contributed by atoms with Crippen molar-refractivity contribution in [1.82, 2.24) is 0 Å². The minimum atomic E-state index is -0.256. The number of hydrogen-bond acceptors (Lipinski definition) is 3. The van der Waals surface area contributed by atoms with E-state index in [-0.39, 0.29) is 11.7 Å². The predicted molar refractivity (Wildman–Crippen MR) is 91.3 cm³/mol. The lowest BCUT2D eigenvalue weighted by atomic mass is 10.0. The Labute approximate surface area is 135 Å². The first kappa shape index (κ1) is 15.2. The number of benzene rings is 2. The van der Waals surface area contributed by atoms with Gasteiger partial charge >= 0.3 is 0 Å². The minimum absolute atomic E-state index is 0.256. The highest BCUT2D eigenvalue weighted by atomic mass is 16.5. The molecule has 0 aliphatic heterocycles. The summed E-state index contributed by atoms with van der Waals surface area (Å²) in [5, 5.41) is 3.77. The van der Waals surface area contributed by atoms with Gasteiger partial charge in [-0.15, -0.1) is 0 Å². The average molecular weight is 309 g/mol. The van der Waals surface area contributed by atoms with Gasteiger partial charge in [0.2, 0.25) is 0 Å². The molecule has 1 heterocycles. The number of carbonyl (C=O) groups excluding carboxylic acids is 1. The lowest BCUT2D eigenvalue weighted by molar-refractivity contribution is 0.0998. The molecule has 1 aromatic heterocycles. The third kappa shape index (κ3) is 3.06. The van der Waals surface area contributed by atoms with E-state index in [4.69, 9.17) is 9.15 Å². The van der Waals surface area contributed by atoms with Gasteiger partial charge in [-0.1, -0.05) is 32.0 Å². The van der Waals surface area contributed by atoms with E-state index in [1.165, 1.54) is 0 Å². The largest absolute Gasteiger partial charge is 0.497 e. The van der Waals surface area contributed by atoms with Crippen molar-refractivity contribution in [2.75, 3.05) is 12.4 Å². The van der Waals surface area contributed by atoms with Gasteiger partial charge in [-0.05, 0) is 41.8 Å². The summed E-state index contributed by atoms with van der Waals surface area (Å²) < 4.78 is 10.8. The molecule has 0 aliphatic carbocycles. The summed E-state index contributed by atoms with van der Waals surface area (Å²) in [6.07, 6.45) is 0. The fraction of sp³-hybridized carbons (Fsp3) is 0.211. The van der Waals surface area contributed by atoms with Gasteiger partial charge in [0.05, 0.1) is 7.11 Å². The molecule has 0 unspecified atom stereocenters. The van der Waals surface area contributed by atoms with Crippen LogP contribution >= 0.6 is 0 Å². The highest BCUT2D eigenvalue weighted by Gasteiger charge is 2.15. The Morgan fingerprint density at radius 3 is 2.65 bits per heavy atom. The van der Waals surface area contributed by atoms with Crippen LogP contribution in [0.15, 0.2) is 52.9 Å². The van der Waals surface area contributed by atoms with Crippen LogP contribution in [0.25, 0.3) is 11.0 Å². The zero-order valence-corrected chi connectivity index (χ0v) is 13.4. The van der Waals surface area contributed by atoms with Crippen molar-refractivity contribution in [3.05, 3.63) is 59.9 Å². The standard InChI is InChI=1S/C19H19NO3/c1-12(2)15-6-4-5-7-16(15)20-19(21)18-11-13-10-14(22-3)8-9-17(13)23-18/h4-12H,1-3H3,(H,20,21). The molecular weight excluding hydrogens is 290 g/mol. The maximum absolute atomic E-state index is 12.5. The van der Waals surface area contributed by atoms with Gasteiger partial charge in [0.15, 0.2) is 5.76 Å². The number of nitrogens with one attached hydrogen (secondary N) is 1. The SMILES string of the molecule is COc1ccc2oc(C(=O)Nc3ccccc3C(C)C)cc2c1. The summed E-state index contributed by atoms with van der Waals surface area (Å²) in [4.78, 5) is 12.5. The van der Waals surface area contributed by atoms with Gasteiger partial charge in [-0.25, -0.2) is 0 Å². The molecule has 3 rings (SSSR count). The molecule has 23 heavy (non-hydrogen) atoms. The van der Waals surface area contributed by atoms with Crippen molar-refractivity contribution >= 4 is 22.6 Å². The summed E-state index contributed by atoms with van der Waals surface area (Å²) in [5.74, 6) is 1.09. The maximum atomic E-state index is 12.5. The molecule has 4 heteroatoms. The van der Waals surface area contributed by atoms with Gasteiger partial charge in [-0.3, -0.25) is 4.79 Å². The molecule has 2 aromatic carbocycles. The second-order valence-electron chi connectivity index (χ2n) is 5.71. The number of rotatable bonds is 4. The number of ether oxygens (including phenoxy) is 1. The minimum Gasteiger partial charge on any atom is -0.497 e. The van der Waals surface area contributed by atoms with Gasteiger partial charge in [0.1, 0.15) is 11.3 Å². The number of carbonyl (C=O) groups is 1. The van der Waals surface area contributed by atoms with Crippen LogP contribution in [0.3, 0.4) is 0 Å². The number of furan rings is 1. The zero-order chi connectivity index (χ0) is 16.4. The molecule has 0 atom stereocenters. The maximum Gasteiger partial charge on any atom is 0.291 e. The van der Waals surface area contributed by atoms with E-state index in [0.717, 1.165) is 22.4 Å². The number of para-hydroxylation sites is 1. The van der Waals surface area contributed by atoms with E-state index < -0.39 is 0 Å². The third-order valence-corrected chi connectivity index (χ3v) is 3.78. The fourth-order valence-electron chi connectivity index (χ4n) is 2.56. The van der Waals surface area contributed by atoms with E-state index in [1.807, 2.05) is 36.4 Å². The molecule has 118 valence electrons. The van der Waals surface area contributed by atoms with Crippen LogP contribution in [-0.4, -0.2) is 13.0 Å². The quantitative estimate of drug-likeness (QED) is 0.752. The van der Waals surface area contributed by atoms with Crippen LogP contribution in [0.4, 0.5) is 5.69 Å². The Morgan fingerprint density at radius 2 is 1.91 bits per heavy atom. The van der Waals surface area contributed by atoms with Crippen LogP contribution in [0.2, 0.25) is 0 Å². The summed E-state index contributed by atoms with van der Waals surface area (Å²) >= 11 is 0. The van der Waals surface area contributed by atoms with E-state index >= 15 is 0 Å². The highest BCUT2D eigenvalue weighted by molar-refractivity contribution is 6.05. The van der Waals surface area contributed by atoms with Gasteiger partial charge in [0.25, 0.3) is 5.91 Å². The van der Waals surface area contributed by atoms with Gasteiger partial charge in [0, 0.05) is 11.1 Å². The molecule has 1 amide bonds. The van der Waals surface area contributed by atoms with Crippen molar-refractivity contribution in [2.24, 2.45) is 0 Å². The predicted octanol–water partition coefficient (Wildman–Crippen LogP) is 4.82. The molecule has 0 saturated carbocycles. The molecule has 0 bridgehead atoms. The number of amides is 1. The summed E-state index contributed by atoms with van der Waals surface area (Å²) in [5.41, 5.74) is 2.57. The molecule has 0 fully saturated rings. The first-order chi connectivity index (χ1) is 11.1. The van der Waals surface area contributed by atoms with E-state index in [0.29, 0.717) is 11.5 Å². The number of anilines is 1. The van der Waals surface area contributed by atoms with Crippen LogP contribution in [0, 0.1) is 0 Å². The molecule has 1 N–H and O–H groups in total. The van der Waals surface area contributed by atoms with Crippen molar-refractivity contribution in [3.8, 4) is 5.75 Å². The summed E-state index contributed by atoms with van der Waals surface area (Å²) in [6, 6.07) is 15.0. The zero-order valence-electron chi connectivity index (χ0n) is 13.4. The highest BCUT2D eigenvalue weighted by Crippen LogP contribution is 2.27. The lowest BCUT2D eigenvalue weighted by Gasteiger charge is -2.12. The lowest BCUT2D eigenvalue weighted by Crippen LogP contribution is -2.12. The molecule has 3 aromatic rings.